The zero-order valence-corrected chi connectivity index (χ0v) is 7.42. The van der Waals surface area contributed by atoms with Crippen molar-refractivity contribution in [3.8, 4) is 0 Å². The fourth-order valence-corrected chi connectivity index (χ4v) is 1.34. The maximum absolute atomic E-state index is 4.31. The van der Waals surface area contributed by atoms with Crippen molar-refractivity contribution in [1.82, 2.24) is 4.90 Å². The van der Waals surface area contributed by atoms with Crippen LogP contribution < -0.4 is 0 Å². The minimum absolute atomic E-state index is 0.983. The quantitative estimate of drug-likeness (QED) is 0.448. The third kappa shape index (κ3) is 3.40. The number of rotatable bonds is 3. The van der Waals surface area contributed by atoms with Crippen LogP contribution in [0.1, 0.15) is 32.6 Å². The van der Waals surface area contributed by atoms with Gasteiger partial charge in [-0.3, -0.25) is 4.99 Å². The van der Waals surface area contributed by atoms with E-state index in [9.17, 15) is 0 Å². The molecule has 11 heavy (non-hydrogen) atoms. The van der Waals surface area contributed by atoms with Gasteiger partial charge >= 0.3 is 0 Å². The molecule has 0 unspecified atom stereocenters. The lowest BCUT2D eigenvalue weighted by molar-refractivity contribution is 0.350. The van der Waals surface area contributed by atoms with Gasteiger partial charge in [0.25, 0.3) is 0 Å². The summed E-state index contributed by atoms with van der Waals surface area (Å²) in [6.07, 6.45) is 7.28. The molecule has 0 aromatic rings. The second-order valence-corrected chi connectivity index (χ2v) is 3.12. The van der Waals surface area contributed by atoms with Crippen LogP contribution in [0.15, 0.2) is 4.99 Å². The van der Waals surface area contributed by atoms with Gasteiger partial charge in [0, 0.05) is 19.6 Å². The number of hydrogen-bond donors (Lipinski definition) is 0. The summed E-state index contributed by atoms with van der Waals surface area (Å²) in [6.45, 7) is 5.57. The van der Waals surface area contributed by atoms with Gasteiger partial charge < -0.3 is 4.90 Å². The Labute approximate surface area is 69.3 Å². The monoisotopic (exact) mass is 154 g/mol. The summed E-state index contributed by atoms with van der Waals surface area (Å²) in [4.78, 5) is 6.65. The first-order valence-corrected chi connectivity index (χ1v) is 4.67. The van der Waals surface area contributed by atoms with Crippen molar-refractivity contribution in [2.24, 2.45) is 4.99 Å². The molecule has 1 heterocycles. The highest BCUT2D eigenvalue weighted by Gasteiger charge is 2.04. The van der Waals surface area contributed by atoms with Crippen LogP contribution in [0, 0.1) is 0 Å². The zero-order chi connectivity index (χ0) is 7.94. The smallest absolute Gasteiger partial charge is 0.0849 e. The molecule has 0 amide bonds. The maximum Gasteiger partial charge on any atom is 0.0849 e. The average molecular weight is 154 g/mol. The van der Waals surface area contributed by atoms with Crippen molar-refractivity contribution in [3.63, 3.8) is 0 Å². The highest BCUT2D eigenvalue weighted by Crippen LogP contribution is 2.05. The molecule has 0 atom stereocenters. The number of piperidine rings is 1. The van der Waals surface area contributed by atoms with E-state index in [2.05, 4.69) is 16.8 Å². The third-order valence-corrected chi connectivity index (χ3v) is 1.99. The lowest BCUT2D eigenvalue weighted by Crippen LogP contribution is -2.28. The summed E-state index contributed by atoms with van der Waals surface area (Å²) in [5.74, 6) is 0. The lowest BCUT2D eigenvalue weighted by Gasteiger charge is -2.23. The van der Waals surface area contributed by atoms with Gasteiger partial charge in [0.05, 0.1) is 6.34 Å². The molecule has 0 aromatic carbocycles. The van der Waals surface area contributed by atoms with E-state index in [1.807, 2.05) is 6.34 Å². The summed E-state index contributed by atoms with van der Waals surface area (Å²) in [5, 5.41) is 0. The molecule has 0 aromatic heterocycles. The van der Waals surface area contributed by atoms with E-state index >= 15 is 0 Å². The van der Waals surface area contributed by atoms with Crippen LogP contribution in [0.2, 0.25) is 0 Å². The topological polar surface area (TPSA) is 15.6 Å². The SMILES string of the molecule is CCCN=CN1CCCCC1. The summed E-state index contributed by atoms with van der Waals surface area (Å²) in [6, 6.07) is 0. The van der Waals surface area contributed by atoms with Crippen molar-refractivity contribution >= 4 is 6.34 Å². The van der Waals surface area contributed by atoms with Crippen LogP contribution in [0.4, 0.5) is 0 Å². The van der Waals surface area contributed by atoms with Crippen molar-refractivity contribution < 1.29 is 0 Å². The van der Waals surface area contributed by atoms with Gasteiger partial charge in [-0.1, -0.05) is 6.92 Å². The molecule has 0 N–H and O–H groups in total. The number of likely N-dealkylation sites (tertiary alicyclic amines) is 1. The average Bonchev–Trinajstić information content (AvgIpc) is 2.07. The van der Waals surface area contributed by atoms with Crippen LogP contribution >= 0.6 is 0 Å². The van der Waals surface area contributed by atoms with E-state index in [4.69, 9.17) is 0 Å². The van der Waals surface area contributed by atoms with Crippen LogP contribution in [-0.4, -0.2) is 30.9 Å². The molecule has 0 saturated carbocycles. The zero-order valence-electron chi connectivity index (χ0n) is 7.42. The Bertz CT molecular complexity index is 115. The third-order valence-electron chi connectivity index (χ3n) is 1.99. The Morgan fingerprint density at radius 3 is 2.64 bits per heavy atom. The van der Waals surface area contributed by atoms with Gasteiger partial charge in [-0.05, 0) is 25.7 Å². The van der Waals surface area contributed by atoms with Crippen molar-refractivity contribution in [2.45, 2.75) is 32.6 Å². The van der Waals surface area contributed by atoms with Gasteiger partial charge in [0.2, 0.25) is 0 Å². The molecule has 0 radical (unpaired) electrons. The molecule has 0 bridgehead atoms. The minimum atomic E-state index is 0.983. The summed E-state index contributed by atoms with van der Waals surface area (Å²) < 4.78 is 0. The van der Waals surface area contributed by atoms with Gasteiger partial charge in [-0.25, -0.2) is 0 Å². The molecule has 2 heteroatoms. The molecule has 0 spiro atoms. The molecule has 1 saturated heterocycles. The second kappa shape index (κ2) is 5.16. The van der Waals surface area contributed by atoms with Crippen molar-refractivity contribution in [1.29, 1.82) is 0 Å². The van der Waals surface area contributed by atoms with Gasteiger partial charge in [0.15, 0.2) is 0 Å². The summed E-state index contributed by atoms with van der Waals surface area (Å²) in [7, 11) is 0. The van der Waals surface area contributed by atoms with Crippen LogP contribution in [0.3, 0.4) is 0 Å². The molecule has 1 aliphatic heterocycles. The predicted octanol–water partition coefficient (Wildman–Crippen LogP) is 1.91. The molecule has 0 aliphatic carbocycles. The van der Waals surface area contributed by atoms with Gasteiger partial charge in [-0.2, -0.15) is 0 Å². The Morgan fingerprint density at radius 1 is 1.27 bits per heavy atom. The van der Waals surface area contributed by atoms with Crippen LogP contribution in [0.25, 0.3) is 0 Å². The normalized spacial score (nSPS) is 19.5. The Balaban J connectivity index is 2.13. The molecule has 1 fully saturated rings. The van der Waals surface area contributed by atoms with E-state index in [1.165, 1.54) is 32.4 Å². The minimum Gasteiger partial charge on any atom is -0.363 e. The standard InChI is InChI=1S/C9H18N2/c1-2-6-10-9-11-7-4-3-5-8-11/h9H,2-8H2,1H3. The first-order valence-electron chi connectivity index (χ1n) is 4.67. The Hall–Kier alpha value is -0.530. The van der Waals surface area contributed by atoms with E-state index in [1.54, 1.807) is 0 Å². The molecular weight excluding hydrogens is 136 g/mol. The molecule has 1 rings (SSSR count). The van der Waals surface area contributed by atoms with Crippen LogP contribution in [0.5, 0.6) is 0 Å². The predicted molar refractivity (Wildman–Crippen MR) is 49.1 cm³/mol. The van der Waals surface area contributed by atoms with Gasteiger partial charge in [0.1, 0.15) is 0 Å². The molecular formula is C9H18N2. The fraction of sp³-hybridized carbons (Fsp3) is 0.889. The van der Waals surface area contributed by atoms with Crippen molar-refractivity contribution in [2.75, 3.05) is 19.6 Å². The molecule has 1 aliphatic rings. The Kier molecular flexibility index (Phi) is 4.02. The first-order chi connectivity index (χ1) is 5.43. The van der Waals surface area contributed by atoms with Crippen molar-refractivity contribution in [3.05, 3.63) is 0 Å². The maximum atomic E-state index is 4.31. The lowest BCUT2D eigenvalue weighted by atomic mass is 10.1. The second-order valence-electron chi connectivity index (χ2n) is 3.12. The van der Waals surface area contributed by atoms with Crippen LogP contribution in [-0.2, 0) is 0 Å². The summed E-state index contributed by atoms with van der Waals surface area (Å²) >= 11 is 0. The number of nitrogens with zero attached hydrogens (tertiary/aromatic N) is 2. The van der Waals surface area contributed by atoms with E-state index in [0.29, 0.717) is 0 Å². The summed E-state index contributed by atoms with van der Waals surface area (Å²) in [5.41, 5.74) is 0. The Morgan fingerprint density at radius 2 is 2.00 bits per heavy atom. The highest BCUT2D eigenvalue weighted by molar-refractivity contribution is 5.54. The van der Waals surface area contributed by atoms with Gasteiger partial charge in [-0.15, -0.1) is 0 Å². The fourth-order valence-electron chi connectivity index (χ4n) is 1.34. The van der Waals surface area contributed by atoms with E-state index in [0.717, 1.165) is 13.0 Å². The number of aliphatic imine (C=N–C) groups is 1. The molecule has 64 valence electrons. The molecule has 2 nitrogen and oxygen atoms in total. The van der Waals surface area contributed by atoms with E-state index in [-0.39, 0.29) is 0 Å². The number of hydrogen-bond acceptors (Lipinski definition) is 1. The highest BCUT2D eigenvalue weighted by atomic mass is 15.1. The largest absolute Gasteiger partial charge is 0.363 e. The first kappa shape index (κ1) is 8.57. The van der Waals surface area contributed by atoms with E-state index < -0.39 is 0 Å².